The molecule has 1 aromatic rings. The third kappa shape index (κ3) is 3.16. The van der Waals surface area contributed by atoms with E-state index >= 15 is 0 Å². The fourth-order valence-corrected chi connectivity index (χ4v) is 3.46. The zero-order valence-corrected chi connectivity index (χ0v) is 14.4. The molecule has 24 heavy (non-hydrogen) atoms. The molecule has 2 aliphatic rings. The van der Waals surface area contributed by atoms with E-state index in [1.807, 2.05) is 19.1 Å². The summed E-state index contributed by atoms with van der Waals surface area (Å²) in [5, 5.41) is 0. The van der Waals surface area contributed by atoms with Crippen molar-refractivity contribution in [3.63, 3.8) is 0 Å². The standard InChI is InChI=1S/C18H25N3O3/c1-3-19-9-11-20(12-10-19)15-13-17(22)21(18(15)23)14-7-5-6-8-16(14)24-4-2/h5-8,15H,3-4,9-13H2,1-2H3/t15-/m1/s1. The molecule has 1 aromatic carbocycles. The molecule has 0 aromatic heterocycles. The number of hydrogen-bond acceptors (Lipinski definition) is 5. The van der Waals surface area contributed by atoms with Crippen LogP contribution in [0.5, 0.6) is 5.75 Å². The third-order valence-corrected chi connectivity index (χ3v) is 4.82. The average molecular weight is 331 g/mol. The van der Waals surface area contributed by atoms with E-state index in [0.29, 0.717) is 18.0 Å². The molecule has 2 heterocycles. The Morgan fingerprint density at radius 3 is 2.46 bits per heavy atom. The lowest BCUT2D eigenvalue weighted by atomic mass is 10.1. The van der Waals surface area contributed by atoms with Crippen LogP contribution in [0, 0.1) is 0 Å². The summed E-state index contributed by atoms with van der Waals surface area (Å²) in [7, 11) is 0. The van der Waals surface area contributed by atoms with Crippen molar-refractivity contribution in [3.8, 4) is 5.75 Å². The number of carbonyl (C=O) groups excluding carboxylic acids is 2. The minimum Gasteiger partial charge on any atom is -0.492 e. The number of benzene rings is 1. The molecular weight excluding hydrogens is 306 g/mol. The molecule has 0 aliphatic carbocycles. The van der Waals surface area contributed by atoms with Crippen LogP contribution in [0.2, 0.25) is 0 Å². The SMILES string of the molecule is CCOc1ccccc1N1C(=O)C[C@@H](N2CCN(CC)CC2)C1=O. The highest BCUT2D eigenvalue weighted by Crippen LogP contribution is 2.33. The van der Waals surface area contributed by atoms with Gasteiger partial charge in [0, 0.05) is 26.2 Å². The summed E-state index contributed by atoms with van der Waals surface area (Å²) in [6, 6.07) is 6.91. The van der Waals surface area contributed by atoms with Gasteiger partial charge in [-0.05, 0) is 25.6 Å². The molecular formula is C18H25N3O3. The number of carbonyl (C=O) groups is 2. The van der Waals surface area contributed by atoms with Crippen LogP contribution in [0.15, 0.2) is 24.3 Å². The van der Waals surface area contributed by atoms with Gasteiger partial charge >= 0.3 is 0 Å². The molecule has 0 spiro atoms. The molecule has 2 aliphatic heterocycles. The van der Waals surface area contributed by atoms with E-state index in [4.69, 9.17) is 4.74 Å². The number of amides is 2. The molecule has 130 valence electrons. The molecule has 0 radical (unpaired) electrons. The summed E-state index contributed by atoms with van der Waals surface area (Å²) in [6.07, 6.45) is 0.255. The Bertz CT molecular complexity index is 611. The number of imide groups is 1. The van der Waals surface area contributed by atoms with Crippen molar-refractivity contribution >= 4 is 17.5 Å². The average Bonchev–Trinajstić information content (AvgIpc) is 2.90. The Kier molecular flexibility index (Phi) is 5.16. The molecule has 0 N–H and O–H groups in total. The topological polar surface area (TPSA) is 53.1 Å². The minimum atomic E-state index is -0.341. The van der Waals surface area contributed by atoms with E-state index in [2.05, 4.69) is 16.7 Å². The lowest BCUT2D eigenvalue weighted by Gasteiger charge is -2.36. The highest BCUT2D eigenvalue weighted by atomic mass is 16.5. The first kappa shape index (κ1) is 16.9. The highest BCUT2D eigenvalue weighted by molar-refractivity contribution is 6.23. The number of rotatable bonds is 5. The second-order valence-electron chi connectivity index (χ2n) is 6.16. The van der Waals surface area contributed by atoms with Gasteiger partial charge in [0.2, 0.25) is 5.91 Å². The number of piperazine rings is 1. The monoisotopic (exact) mass is 331 g/mol. The summed E-state index contributed by atoms with van der Waals surface area (Å²) >= 11 is 0. The van der Waals surface area contributed by atoms with Crippen molar-refractivity contribution < 1.29 is 14.3 Å². The van der Waals surface area contributed by atoms with Crippen molar-refractivity contribution in [2.45, 2.75) is 26.3 Å². The molecule has 0 saturated carbocycles. The number of anilines is 1. The molecule has 0 bridgehead atoms. The molecule has 2 amide bonds. The van der Waals surface area contributed by atoms with E-state index in [1.165, 1.54) is 4.90 Å². The van der Waals surface area contributed by atoms with Crippen molar-refractivity contribution in [1.29, 1.82) is 0 Å². The van der Waals surface area contributed by atoms with Crippen LogP contribution in [0.4, 0.5) is 5.69 Å². The number of para-hydroxylation sites is 2. The summed E-state index contributed by atoms with van der Waals surface area (Å²) < 4.78 is 5.59. The van der Waals surface area contributed by atoms with Crippen LogP contribution in [-0.2, 0) is 9.59 Å². The van der Waals surface area contributed by atoms with Crippen molar-refractivity contribution in [1.82, 2.24) is 9.80 Å². The Hall–Kier alpha value is -1.92. The Morgan fingerprint density at radius 2 is 1.79 bits per heavy atom. The maximum absolute atomic E-state index is 12.9. The Balaban J connectivity index is 1.78. The van der Waals surface area contributed by atoms with Gasteiger partial charge in [-0.15, -0.1) is 0 Å². The van der Waals surface area contributed by atoms with Crippen molar-refractivity contribution in [2.24, 2.45) is 0 Å². The fourth-order valence-electron chi connectivity index (χ4n) is 3.46. The van der Waals surface area contributed by atoms with Gasteiger partial charge in [-0.2, -0.15) is 0 Å². The quantitative estimate of drug-likeness (QED) is 0.763. The number of ether oxygens (including phenoxy) is 1. The smallest absolute Gasteiger partial charge is 0.251 e. The second-order valence-corrected chi connectivity index (χ2v) is 6.16. The largest absolute Gasteiger partial charge is 0.492 e. The van der Waals surface area contributed by atoms with Crippen LogP contribution in [0.25, 0.3) is 0 Å². The molecule has 1 atom stereocenters. The van der Waals surface area contributed by atoms with Gasteiger partial charge in [0.05, 0.1) is 24.8 Å². The van der Waals surface area contributed by atoms with Gasteiger partial charge in [-0.25, -0.2) is 4.90 Å². The molecule has 0 unspecified atom stereocenters. The van der Waals surface area contributed by atoms with Gasteiger partial charge in [-0.1, -0.05) is 19.1 Å². The predicted molar refractivity (Wildman–Crippen MR) is 92.2 cm³/mol. The zero-order chi connectivity index (χ0) is 17.1. The molecule has 2 saturated heterocycles. The third-order valence-electron chi connectivity index (χ3n) is 4.82. The minimum absolute atomic E-state index is 0.128. The molecule has 3 rings (SSSR count). The van der Waals surface area contributed by atoms with E-state index in [0.717, 1.165) is 32.7 Å². The first-order valence-corrected chi connectivity index (χ1v) is 8.70. The summed E-state index contributed by atoms with van der Waals surface area (Å²) in [6.45, 7) is 9.12. The maximum atomic E-state index is 12.9. The van der Waals surface area contributed by atoms with Crippen LogP contribution >= 0.6 is 0 Å². The van der Waals surface area contributed by atoms with Crippen molar-refractivity contribution in [2.75, 3.05) is 44.2 Å². The first-order chi connectivity index (χ1) is 11.7. The molecule has 2 fully saturated rings. The lowest BCUT2D eigenvalue weighted by Crippen LogP contribution is -2.52. The van der Waals surface area contributed by atoms with Gasteiger partial charge in [0.25, 0.3) is 5.91 Å². The normalized spacial score (nSPS) is 23.1. The molecule has 6 nitrogen and oxygen atoms in total. The highest BCUT2D eigenvalue weighted by Gasteiger charge is 2.44. The summed E-state index contributed by atoms with van der Waals surface area (Å²) in [4.78, 5) is 31.3. The summed E-state index contributed by atoms with van der Waals surface area (Å²) in [5.74, 6) is 0.310. The predicted octanol–water partition coefficient (Wildman–Crippen LogP) is 1.35. The first-order valence-electron chi connectivity index (χ1n) is 8.70. The maximum Gasteiger partial charge on any atom is 0.251 e. The second kappa shape index (κ2) is 7.32. The van der Waals surface area contributed by atoms with Crippen LogP contribution in [-0.4, -0.2) is 67.0 Å². The Morgan fingerprint density at radius 1 is 1.08 bits per heavy atom. The van der Waals surface area contributed by atoms with E-state index < -0.39 is 0 Å². The zero-order valence-electron chi connectivity index (χ0n) is 14.4. The Labute approximate surface area is 143 Å². The van der Waals surface area contributed by atoms with Gasteiger partial charge in [0.1, 0.15) is 5.75 Å². The van der Waals surface area contributed by atoms with Crippen molar-refractivity contribution in [3.05, 3.63) is 24.3 Å². The van der Waals surface area contributed by atoms with Gasteiger partial charge in [-0.3, -0.25) is 14.5 Å². The van der Waals surface area contributed by atoms with Crippen LogP contribution in [0.1, 0.15) is 20.3 Å². The van der Waals surface area contributed by atoms with E-state index in [1.54, 1.807) is 12.1 Å². The number of likely N-dealkylation sites (N-methyl/N-ethyl adjacent to an activating group) is 1. The van der Waals surface area contributed by atoms with Gasteiger partial charge in [0.15, 0.2) is 0 Å². The lowest BCUT2D eigenvalue weighted by molar-refractivity contribution is -0.123. The number of hydrogen-bond donors (Lipinski definition) is 0. The van der Waals surface area contributed by atoms with E-state index in [9.17, 15) is 9.59 Å². The number of nitrogens with zero attached hydrogens (tertiary/aromatic N) is 3. The summed E-state index contributed by atoms with van der Waals surface area (Å²) in [5.41, 5.74) is 0.559. The van der Waals surface area contributed by atoms with Gasteiger partial charge < -0.3 is 9.64 Å². The molecule has 6 heteroatoms. The fraction of sp³-hybridized carbons (Fsp3) is 0.556. The van der Waals surface area contributed by atoms with Crippen LogP contribution in [0.3, 0.4) is 0 Å². The van der Waals surface area contributed by atoms with Crippen LogP contribution < -0.4 is 9.64 Å². The van der Waals surface area contributed by atoms with E-state index in [-0.39, 0.29) is 24.3 Å².